The second kappa shape index (κ2) is 6.00. The van der Waals surface area contributed by atoms with E-state index < -0.39 is 5.60 Å². The molecular formula is C12H21NO4. The summed E-state index contributed by atoms with van der Waals surface area (Å²) in [5.41, 5.74) is -0.456. The summed E-state index contributed by atoms with van der Waals surface area (Å²) >= 11 is 0. The van der Waals surface area contributed by atoms with Crippen molar-refractivity contribution >= 4 is 12.4 Å². The van der Waals surface area contributed by atoms with Gasteiger partial charge in [0.15, 0.2) is 0 Å². The fourth-order valence-corrected chi connectivity index (χ4v) is 1.71. The van der Waals surface area contributed by atoms with Crippen LogP contribution in [-0.4, -0.2) is 48.7 Å². The van der Waals surface area contributed by atoms with Crippen LogP contribution in [0.15, 0.2) is 0 Å². The standard InChI is InChI=1S/C12H21NO4/c1-12(2,3)17-11(15)13-6-4-10(5-7-13)16-9-8-14/h8,10H,4-7,9H2,1-3H3. The second-order valence-electron chi connectivity index (χ2n) is 5.17. The summed E-state index contributed by atoms with van der Waals surface area (Å²) in [4.78, 5) is 23.6. The summed E-state index contributed by atoms with van der Waals surface area (Å²) in [6.45, 7) is 6.94. The van der Waals surface area contributed by atoms with Gasteiger partial charge < -0.3 is 19.2 Å². The van der Waals surface area contributed by atoms with Crippen LogP contribution in [0.2, 0.25) is 0 Å². The molecule has 1 fully saturated rings. The van der Waals surface area contributed by atoms with Crippen molar-refractivity contribution in [1.82, 2.24) is 4.90 Å². The van der Waals surface area contributed by atoms with Crippen LogP contribution in [-0.2, 0) is 14.3 Å². The van der Waals surface area contributed by atoms with Crippen molar-refractivity contribution in [3.63, 3.8) is 0 Å². The highest BCUT2D eigenvalue weighted by Gasteiger charge is 2.26. The van der Waals surface area contributed by atoms with Gasteiger partial charge in [0.2, 0.25) is 0 Å². The fourth-order valence-electron chi connectivity index (χ4n) is 1.71. The van der Waals surface area contributed by atoms with Crippen LogP contribution in [0.25, 0.3) is 0 Å². The number of amides is 1. The molecule has 0 radical (unpaired) electrons. The molecule has 0 atom stereocenters. The molecule has 0 N–H and O–H groups in total. The molecule has 5 heteroatoms. The fraction of sp³-hybridized carbons (Fsp3) is 0.833. The second-order valence-corrected chi connectivity index (χ2v) is 5.17. The van der Waals surface area contributed by atoms with Gasteiger partial charge in [0.05, 0.1) is 6.10 Å². The van der Waals surface area contributed by atoms with Gasteiger partial charge in [0, 0.05) is 13.1 Å². The van der Waals surface area contributed by atoms with Crippen molar-refractivity contribution in [2.75, 3.05) is 19.7 Å². The third-order valence-corrected chi connectivity index (χ3v) is 2.49. The average Bonchev–Trinajstić information content (AvgIpc) is 2.24. The van der Waals surface area contributed by atoms with E-state index in [0.717, 1.165) is 19.1 Å². The summed E-state index contributed by atoms with van der Waals surface area (Å²) in [7, 11) is 0. The Bertz CT molecular complexity index is 264. The van der Waals surface area contributed by atoms with Gasteiger partial charge in [-0.3, -0.25) is 0 Å². The maximum atomic E-state index is 11.7. The van der Waals surface area contributed by atoms with Gasteiger partial charge in [-0.15, -0.1) is 0 Å². The zero-order chi connectivity index (χ0) is 12.9. The van der Waals surface area contributed by atoms with Crippen LogP contribution in [0.1, 0.15) is 33.6 Å². The number of aldehydes is 1. The number of carbonyl (C=O) groups is 2. The summed E-state index contributed by atoms with van der Waals surface area (Å²) in [6, 6.07) is 0. The van der Waals surface area contributed by atoms with Gasteiger partial charge in [-0.1, -0.05) is 0 Å². The predicted molar refractivity (Wildman–Crippen MR) is 62.8 cm³/mol. The Morgan fingerprint density at radius 3 is 2.41 bits per heavy atom. The van der Waals surface area contributed by atoms with Gasteiger partial charge >= 0.3 is 6.09 Å². The van der Waals surface area contributed by atoms with Crippen molar-refractivity contribution in [1.29, 1.82) is 0 Å². The van der Waals surface area contributed by atoms with Gasteiger partial charge in [0.1, 0.15) is 18.5 Å². The Balaban J connectivity index is 2.31. The van der Waals surface area contributed by atoms with Crippen LogP contribution in [0.4, 0.5) is 4.79 Å². The molecule has 0 bridgehead atoms. The molecule has 98 valence electrons. The molecule has 17 heavy (non-hydrogen) atoms. The first kappa shape index (κ1) is 14.0. The minimum atomic E-state index is -0.456. The minimum absolute atomic E-state index is 0.0823. The lowest BCUT2D eigenvalue weighted by atomic mass is 10.1. The lowest BCUT2D eigenvalue weighted by Crippen LogP contribution is -2.43. The Hall–Kier alpha value is -1.10. The Kier molecular flexibility index (Phi) is 4.93. The van der Waals surface area contributed by atoms with Crippen LogP contribution in [0.5, 0.6) is 0 Å². The molecule has 0 aromatic carbocycles. The third-order valence-electron chi connectivity index (χ3n) is 2.49. The number of likely N-dealkylation sites (tertiary alicyclic amines) is 1. The monoisotopic (exact) mass is 243 g/mol. The molecule has 0 spiro atoms. The Morgan fingerprint density at radius 2 is 1.94 bits per heavy atom. The molecule has 1 amide bonds. The van der Waals surface area contributed by atoms with E-state index in [1.54, 1.807) is 4.90 Å². The van der Waals surface area contributed by atoms with Crippen LogP contribution < -0.4 is 0 Å². The largest absolute Gasteiger partial charge is 0.444 e. The summed E-state index contributed by atoms with van der Waals surface area (Å²) in [6.07, 6.45) is 2.07. The first-order valence-electron chi connectivity index (χ1n) is 5.95. The average molecular weight is 243 g/mol. The highest BCUT2D eigenvalue weighted by molar-refractivity contribution is 5.68. The molecule has 1 aliphatic rings. The maximum absolute atomic E-state index is 11.7. The normalized spacial score (nSPS) is 17.9. The smallest absolute Gasteiger partial charge is 0.410 e. The van der Waals surface area contributed by atoms with Gasteiger partial charge in [-0.2, -0.15) is 0 Å². The first-order chi connectivity index (χ1) is 7.92. The van der Waals surface area contributed by atoms with E-state index in [1.165, 1.54) is 0 Å². The van der Waals surface area contributed by atoms with E-state index >= 15 is 0 Å². The van der Waals surface area contributed by atoms with E-state index in [-0.39, 0.29) is 18.8 Å². The maximum Gasteiger partial charge on any atom is 0.410 e. The Morgan fingerprint density at radius 1 is 1.35 bits per heavy atom. The van der Waals surface area contributed by atoms with Gasteiger partial charge in [-0.25, -0.2) is 4.79 Å². The minimum Gasteiger partial charge on any atom is -0.444 e. The van der Waals surface area contributed by atoms with E-state index in [2.05, 4.69) is 0 Å². The van der Waals surface area contributed by atoms with Crippen LogP contribution >= 0.6 is 0 Å². The number of nitrogens with zero attached hydrogens (tertiary/aromatic N) is 1. The number of hydrogen-bond acceptors (Lipinski definition) is 4. The number of hydrogen-bond donors (Lipinski definition) is 0. The van der Waals surface area contributed by atoms with E-state index in [1.807, 2.05) is 20.8 Å². The van der Waals surface area contributed by atoms with Crippen molar-refractivity contribution in [3.05, 3.63) is 0 Å². The SMILES string of the molecule is CC(C)(C)OC(=O)N1CCC(OCC=O)CC1. The van der Waals surface area contributed by atoms with Crippen molar-refractivity contribution in [3.8, 4) is 0 Å². The first-order valence-corrected chi connectivity index (χ1v) is 5.95. The lowest BCUT2D eigenvalue weighted by Gasteiger charge is -2.33. The molecule has 0 unspecified atom stereocenters. The summed E-state index contributed by atoms with van der Waals surface area (Å²) in [5, 5.41) is 0. The number of rotatable bonds is 3. The van der Waals surface area contributed by atoms with E-state index in [4.69, 9.17) is 9.47 Å². The van der Waals surface area contributed by atoms with Gasteiger partial charge in [-0.05, 0) is 33.6 Å². The number of piperidine rings is 1. The van der Waals surface area contributed by atoms with Crippen LogP contribution in [0, 0.1) is 0 Å². The molecule has 1 aliphatic heterocycles. The molecule has 1 saturated heterocycles. The lowest BCUT2D eigenvalue weighted by molar-refractivity contribution is -0.114. The van der Waals surface area contributed by atoms with Crippen molar-refractivity contribution in [2.24, 2.45) is 0 Å². The predicted octanol–water partition coefficient (Wildman–Crippen LogP) is 1.60. The zero-order valence-electron chi connectivity index (χ0n) is 10.8. The molecule has 0 aromatic rings. The number of carbonyl (C=O) groups excluding carboxylic acids is 2. The summed E-state index contributed by atoms with van der Waals surface area (Å²) in [5.74, 6) is 0. The van der Waals surface area contributed by atoms with Crippen molar-refractivity contribution in [2.45, 2.75) is 45.3 Å². The molecule has 5 nitrogen and oxygen atoms in total. The topological polar surface area (TPSA) is 55.8 Å². The number of ether oxygens (including phenoxy) is 2. The molecule has 0 aromatic heterocycles. The van der Waals surface area contributed by atoms with E-state index in [9.17, 15) is 9.59 Å². The van der Waals surface area contributed by atoms with Crippen molar-refractivity contribution < 1.29 is 19.1 Å². The quantitative estimate of drug-likeness (QED) is 0.706. The molecular weight excluding hydrogens is 222 g/mol. The molecule has 0 saturated carbocycles. The molecule has 1 rings (SSSR count). The van der Waals surface area contributed by atoms with Crippen LogP contribution in [0.3, 0.4) is 0 Å². The zero-order valence-corrected chi connectivity index (χ0v) is 10.8. The highest BCUT2D eigenvalue weighted by Crippen LogP contribution is 2.16. The third kappa shape index (κ3) is 5.17. The highest BCUT2D eigenvalue weighted by atomic mass is 16.6. The molecule has 1 heterocycles. The summed E-state index contributed by atoms with van der Waals surface area (Å²) < 4.78 is 10.6. The molecule has 0 aliphatic carbocycles. The van der Waals surface area contributed by atoms with E-state index in [0.29, 0.717) is 13.1 Å². The Labute approximate surface area is 102 Å². The van der Waals surface area contributed by atoms with Gasteiger partial charge in [0.25, 0.3) is 0 Å².